The van der Waals surface area contributed by atoms with Crippen molar-refractivity contribution in [1.82, 2.24) is 9.80 Å². The highest BCUT2D eigenvalue weighted by molar-refractivity contribution is 6.37. The van der Waals surface area contributed by atoms with Gasteiger partial charge in [0.2, 0.25) is 5.91 Å². The quantitative estimate of drug-likeness (QED) is 0.482. The van der Waals surface area contributed by atoms with Crippen molar-refractivity contribution in [2.24, 2.45) is 0 Å². The minimum Gasteiger partial charge on any atom is -0.354 e. The van der Waals surface area contributed by atoms with E-state index in [1.54, 1.807) is 36.2 Å². The molecule has 5 rings (SSSR count). The Balaban J connectivity index is 1.40. The summed E-state index contributed by atoms with van der Waals surface area (Å²) in [5.74, 6) is -1.32. The SMILES string of the molecule is CN1CCN(CC(=O)N(C)c2ccc(N/C(=C3\C(=O)Nc4cc(F)ccc43)c3cccc(F)c3)cc2)CC1. The summed E-state index contributed by atoms with van der Waals surface area (Å²) >= 11 is 0. The number of benzene rings is 3. The molecule has 1 saturated heterocycles. The molecular formula is C29H29F2N5O2. The summed E-state index contributed by atoms with van der Waals surface area (Å²) in [4.78, 5) is 31.9. The van der Waals surface area contributed by atoms with Crippen LogP contribution in [0.25, 0.3) is 11.3 Å². The van der Waals surface area contributed by atoms with Gasteiger partial charge in [0.15, 0.2) is 0 Å². The predicted octanol–water partition coefficient (Wildman–Crippen LogP) is 4.11. The first-order chi connectivity index (χ1) is 18.3. The summed E-state index contributed by atoms with van der Waals surface area (Å²) in [6.45, 7) is 3.96. The van der Waals surface area contributed by atoms with Gasteiger partial charge in [-0.25, -0.2) is 8.78 Å². The molecule has 3 aromatic rings. The van der Waals surface area contributed by atoms with E-state index in [-0.39, 0.29) is 11.5 Å². The number of carbonyl (C=O) groups is 2. The molecule has 2 N–H and O–H groups in total. The van der Waals surface area contributed by atoms with Crippen LogP contribution < -0.4 is 15.5 Å². The molecule has 0 aliphatic carbocycles. The average molecular weight is 518 g/mol. The van der Waals surface area contributed by atoms with Crippen LogP contribution in [0.2, 0.25) is 0 Å². The van der Waals surface area contributed by atoms with Gasteiger partial charge in [0.05, 0.1) is 23.5 Å². The van der Waals surface area contributed by atoms with Gasteiger partial charge < -0.3 is 20.4 Å². The van der Waals surface area contributed by atoms with Crippen LogP contribution in [0.3, 0.4) is 0 Å². The Morgan fingerprint density at radius 3 is 2.39 bits per heavy atom. The summed E-state index contributed by atoms with van der Waals surface area (Å²) in [5.41, 5.74) is 3.40. The number of amides is 2. The molecule has 2 amide bonds. The van der Waals surface area contributed by atoms with Crippen LogP contribution in [0.15, 0.2) is 66.7 Å². The summed E-state index contributed by atoms with van der Waals surface area (Å²) < 4.78 is 27.9. The monoisotopic (exact) mass is 517 g/mol. The lowest BCUT2D eigenvalue weighted by Gasteiger charge is -2.32. The molecule has 9 heteroatoms. The zero-order valence-electron chi connectivity index (χ0n) is 21.3. The standard InChI is InChI=1S/C29H29F2N5O2/c1-34-12-14-36(15-13-34)18-26(37)35(2)23-9-7-22(8-10-23)32-28(19-4-3-5-20(30)16-19)27-24-11-6-21(31)17-25(24)33-29(27)38/h3-11,16-17,32H,12-15,18H2,1-2H3,(H,33,38)/b28-27-. The molecule has 0 saturated carbocycles. The van der Waals surface area contributed by atoms with Crippen LogP contribution in [0.1, 0.15) is 11.1 Å². The van der Waals surface area contributed by atoms with E-state index in [9.17, 15) is 18.4 Å². The Kier molecular flexibility index (Phi) is 7.22. The molecule has 0 radical (unpaired) electrons. The molecule has 2 heterocycles. The Bertz CT molecular complexity index is 1400. The maximum atomic E-state index is 14.2. The number of rotatable bonds is 6. The lowest BCUT2D eigenvalue weighted by atomic mass is 10.00. The fraction of sp³-hybridized carbons (Fsp3) is 0.241. The lowest BCUT2D eigenvalue weighted by molar-refractivity contribution is -0.119. The molecule has 7 nitrogen and oxygen atoms in total. The van der Waals surface area contributed by atoms with Crippen molar-refractivity contribution in [2.45, 2.75) is 0 Å². The fourth-order valence-corrected chi connectivity index (χ4v) is 4.68. The summed E-state index contributed by atoms with van der Waals surface area (Å²) in [6.07, 6.45) is 0. The maximum absolute atomic E-state index is 14.2. The maximum Gasteiger partial charge on any atom is 0.258 e. The van der Waals surface area contributed by atoms with E-state index in [1.807, 2.05) is 12.1 Å². The minimum absolute atomic E-state index is 0.00398. The number of nitrogens with one attached hydrogen (secondary N) is 2. The lowest BCUT2D eigenvalue weighted by Crippen LogP contribution is -2.48. The van der Waals surface area contributed by atoms with E-state index in [4.69, 9.17) is 0 Å². The van der Waals surface area contributed by atoms with E-state index in [0.29, 0.717) is 34.7 Å². The Morgan fingerprint density at radius 1 is 0.974 bits per heavy atom. The first-order valence-electron chi connectivity index (χ1n) is 12.4. The third-order valence-electron chi connectivity index (χ3n) is 6.94. The highest BCUT2D eigenvalue weighted by atomic mass is 19.1. The average Bonchev–Trinajstić information content (AvgIpc) is 3.22. The van der Waals surface area contributed by atoms with Gasteiger partial charge in [-0.05, 0) is 61.6 Å². The Morgan fingerprint density at radius 2 is 1.68 bits per heavy atom. The largest absolute Gasteiger partial charge is 0.354 e. The van der Waals surface area contributed by atoms with Gasteiger partial charge >= 0.3 is 0 Å². The van der Waals surface area contributed by atoms with Gasteiger partial charge in [0.1, 0.15) is 11.6 Å². The molecule has 196 valence electrons. The van der Waals surface area contributed by atoms with Crippen molar-refractivity contribution in [3.63, 3.8) is 0 Å². The van der Waals surface area contributed by atoms with Crippen molar-refractivity contribution in [2.75, 3.05) is 62.4 Å². The molecule has 38 heavy (non-hydrogen) atoms. The Hall–Kier alpha value is -4.08. The van der Waals surface area contributed by atoms with Crippen LogP contribution in [-0.2, 0) is 9.59 Å². The molecule has 1 fully saturated rings. The Labute approximate surface area is 220 Å². The summed E-state index contributed by atoms with van der Waals surface area (Å²) in [7, 11) is 3.83. The van der Waals surface area contributed by atoms with Gasteiger partial charge in [0, 0.05) is 55.7 Å². The number of hydrogen-bond acceptors (Lipinski definition) is 5. The van der Waals surface area contributed by atoms with Gasteiger partial charge in [-0.15, -0.1) is 0 Å². The molecule has 0 unspecified atom stereocenters. The predicted molar refractivity (Wildman–Crippen MR) is 146 cm³/mol. The molecule has 2 aliphatic rings. The second-order valence-electron chi connectivity index (χ2n) is 9.61. The van der Waals surface area contributed by atoms with E-state index in [0.717, 1.165) is 31.9 Å². The molecule has 2 aliphatic heterocycles. The topological polar surface area (TPSA) is 67.9 Å². The number of hydrogen-bond donors (Lipinski definition) is 2. The van der Waals surface area contributed by atoms with Gasteiger partial charge in [-0.3, -0.25) is 14.5 Å². The van der Waals surface area contributed by atoms with Gasteiger partial charge in [0.25, 0.3) is 5.91 Å². The van der Waals surface area contributed by atoms with E-state index in [2.05, 4.69) is 27.5 Å². The van der Waals surface area contributed by atoms with Crippen molar-refractivity contribution in [3.8, 4) is 0 Å². The van der Waals surface area contributed by atoms with Crippen LogP contribution in [0.5, 0.6) is 0 Å². The van der Waals surface area contributed by atoms with Crippen LogP contribution in [-0.4, -0.2) is 68.4 Å². The zero-order chi connectivity index (χ0) is 26.8. The van der Waals surface area contributed by atoms with E-state index in [1.165, 1.54) is 30.3 Å². The van der Waals surface area contributed by atoms with Crippen LogP contribution in [0.4, 0.5) is 25.8 Å². The number of carbonyl (C=O) groups excluding carboxylic acids is 2. The van der Waals surface area contributed by atoms with Crippen LogP contribution in [0, 0.1) is 11.6 Å². The molecule has 3 aromatic carbocycles. The van der Waals surface area contributed by atoms with Crippen LogP contribution >= 0.6 is 0 Å². The van der Waals surface area contributed by atoms with E-state index < -0.39 is 17.5 Å². The zero-order valence-corrected chi connectivity index (χ0v) is 21.3. The van der Waals surface area contributed by atoms with Crippen molar-refractivity contribution < 1.29 is 18.4 Å². The number of fused-ring (bicyclic) bond motifs is 1. The smallest absolute Gasteiger partial charge is 0.258 e. The highest BCUT2D eigenvalue weighted by Crippen LogP contribution is 2.38. The molecule has 0 aromatic heterocycles. The number of piperazine rings is 1. The number of halogens is 2. The first kappa shape index (κ1) is 25.6. The van der Waals surface area contributed by atoms with Crippen molar-refractivity contribution in [1.29, 1.82) is 0 Å². The summed E-state index contributed by atoms with van der Waals surface area (Å²) in [5, 5.41) is 5.95. The number of nitrogens with zero attached hydrogens (tertiary/aromatic N) is 3. The van der Waals surface area contributed by atoms with Gasteiger partial charge in [-0.2, -0.15) is 0 Å². The normalized spacial score (nSPS) is 17.1. The molecule has 0 atom stereocenters. The minimum atomic E-state index is -0.465. The van der Waals surface area contributed by atoms with Crippen molar-refractivity contribution in [3.05, 3.63) is 89.5 Å². The van der Waals surface area contributed by atoms with Gasteiger partial charge in [-0.1, -0.05) is 12.1 Å². The number of likely N-dealkylation sites (N-methyl/N-ethyl adjacent to an activating group) is 2. The highest BCUT2D eigenvalue weighted by Gasteiger charge is 2.29. The second kappa shape index (κ2) is 10.7. The third-order valence-corrected chi connectivity index (χ3v) is 6.94. The summed E-state index contributed by atoms with van der Waals surface area (Å²) in [6, 6.07) is 17.2. The molecular weight excluding hydrogens is 488 g/mol. The fourth-order valence-electron chi connectivity index (χ4n) is 4.68. The molecule has 0 bridgehead atoms. The van der Waals surface area contributed by atoms with E-state index >= 15 is 0 Å². The number of anilines is 3. The second-order valence-corrected chi connectivity index (χ2v) is 9.61. The molecule has 0 spiro atoms. The van der Waals surface area contributed by atoms with Crippen molar-refractivity contribution >= 4 is 40.1 Å². The first-order valence-corrected chi connectivity index (χ1v) is 12.4. The third kappa shape index (κ3) is 5.44.